The fourth-order valence-electron chi connectivity index (χ4n) is 2.75. The molecule has 1 N–H and O–H groups in total. The van der Waals surface area contributed by atoms with Crippen molar-refractivity contribution in [2.24, 2.45) is 0 Å². The first kappa shape index (κ1) is 15.1. The van der Waals surface area contributed by atoms with Gasteiger partial charge in [0.1, 0.15) is 0 Å². The molecule has 0 atom stereocenters. The van der Waals surface area contributed by atoms with Crippen molar-refractivity contribution in [3.8, 4) is 0 Å². The van der Waals surface area contributed by atoms with Crippen LogP contribution in [0.4, 0.5) is 5.69 Å². The van der Waals surface area contributed by atoms with Crippen molar-refractivity contribution in [3.05, 3.63) is 59.7 Å². The highest BCUT2D eigenvalue weighted by atomic mass is 32.2. The zero-order chi connectivity index (χ0) is 15.6. The van der Waals surface area contributed by atoms with Gasteiger partial charge in [-0.05, 0) is 61.3 Å². The highest BCUT2D eigenvalue weighted by molar-refractivity contribution is 7.92. The van der Waals surface area contributed by atoms with Gasteiger partial charge in [0.2, 0.25) is 0 Å². The van der Waals surface area contributed by atoms with Crippen molar-refractivity contribution in [1.82, 2.24) is 5.32 Å². The van der Waals surface area contributed by atoms with E-state index >= 15 is 0 Å². The number of nitrogens with zero attached hydrogens (tertiary/aromatic N) is 1. The van der Waals surface area contributed by atoms with Crippen molar-refractivity contribution in [2.75, 3.05) is 24.4 Å². The Bertz CT molecular complexity index is 757. The van der Waals surface area contributed by atoms with Crippen LogP contribution < -0.4 is 9.62 Å². The van der Waals surface area contributed by atoms with E-state index in [1.165, 1.54) is 9.87 Å². The summed E-state index contributed by atoms with van der Waals surface area (Å²) in [5.41, 5.74) is 3.04. The molecule has 2 aromatic rings. The maximum atomic E-state index is 12.8. The third-order valence-electron chi connectivity index (χ3n) is 4.10. The summed E-state index contributed by atoms with van der Waals surface area (Å²) < 4.78 is 27.0. The number of sulfonamides is 1. The van der Waals surface area contributed by atoms with E-state index in [1.807, 2.05) is 30.3 Å². The Hall–Kier alpha value is -1.85. The zero-order valence-corrected chi connectivity index (χ0v) is 13.4. The van der Waals surface area contributed by atoms with E-state index in [1.54, 1.807) is 25.2 Å². The zero-order valence-electron chi connectivity index (χ0n) is 12.6. The number of nitrogens with one attached hydrogen (secondary N) is 1. The van der Waals surface area contributed by atoms with E-state index in [4.69, 9.17) is 0 Å². The number of hydrogen-bond donors (Lipinski definition) is 1. The third-order valence-corrected chi connectivity index (χ3v) is 5.88. The van der Waals surface area contributed by atoms with Crippen molar-refractivity contribution in [2.45, 2.75) is 17.7 Å². The van der Waals surface area contributed by atoms with Gasteiger partial charge in [0.15, 0.2) is 0 Å². The molecular formula is C17H20N2O2S. The Balaban J connectivity index is 1.97. The van der Waals surface area contributed by atoms with Crippen LogP contribution in [0.3, 0.4) is 0 Å². The second-order valence-electron chi connectivity index (χ2n) is 5.49. The average Bonchev–Trinajstić information content (AvgIpc) is 2.79. The summed E-state index contributed by atoms with van der Waals surface area (Å²) in [5, 5.41) is 3.34. The van der Waals surface area contributed by atoms with Crippen LogP contribution in [-0.4, -0.2) is 28.6 Å². The summed E-state index contributed by atoms with van der Waals surface area (Å²) in [6, 6.07) is 14.6. The van der Waals surface area contributed by atoms with Crippen LogP contribution in [0.1, 0.15) is 11.1 Å². The van der Waals surface area contributed by atoms with Gasteiger partial charge < -0.3 is 5.32 Å². The molecule has 0 aromatic heterocycles. The SMILES string of the molecule is CN(c1ccccc1)S(=O)(=O)c1ccc2c(c1)CCNCC2. The minimum Gasteiger partial charge on any atom is -0.316 e. The van der Waals surface area contributed by atoms with Gasteiger partial charge in [-0.2, -0.15) is 0 Å². The number of para-hydroxylation sites is 1. The van der Waals surface area contributed by atoms with Crippen LogP contribution in [-0.2, 0) is 22.9 Å². The van der Waals surface area contributed by atoms with Crippen molar-refractivity contribution in [1.29, 1.82) is 0 Å². The lowest BCUT2D eigenvalue weighted by molar-refractivity contribution is 0.594. The molecule has 0 aliphatic carbocycles. The number of fused-ring (bicyclic) bond motifs is 1. The predicted molar refractivity (Wildman–Crippen MR) is 88.8 cm³/mol. The van der Waals surface area contributed by atoms with Crippen LogP contribution in [0.15, 0.2) is 53.4 Å². The molecule has 0 fully saturated rings. The van der Waals surface area contributed by atoms with E-state index in [-0.39, 0.29) is 0 Å². The van der Waals surface area contributed by atoms with E-state index in [0.717, 1.165) is 31.5 Å². The average molecular weight is 316 g/mol. The molecule has 0 unspecified atom stereocenters. The molecule has 0 amide bonds. The van der Waals surface area contributed by atoms with Gasteiger partial charge >= 0.3 is 0 Å². The molecule has 22 heavy (non-hydrogen) atoms. The molecule has 3 rings (SSSR count). The van der Waals surface area contributed by atoms with Gasteiger partial charge in [-0.25, -0.2) is 8.42 Å². The Morgan fingerprint density at radius 3 is 2.36 bits per heavy atom. The fourth-order valence-corrected chi connectivity index (χ4v) is 3.99. The maximum absolute atomic E-state index is 12.8. The maximum Gasteiger partial charge on any atom is 0.264 e. The molecule has 0 saturated carbocycles. The summed E-state index contributed by atoms with van der Waals surface area (Å²) >= 11 is 0. The minimum absolute atomic E-state index is 0.361. The normalized spacial score (nSPS) is 15.0. The summed E-state index contributed by atoms with van der Waals surface area (Å²) in [6.45, 7) is 1.84. The van der Waals surface area contributed by atoms with Gasteiger partial charge in [-0.3, -0.25) is 4.31 Å². The van der Waals surface area contributed by atoms with E-state index in [9.17, 15) is 8.42 Å². The molecule has 0 radical (unpaired) electrons. The number of benzene rings is 2. The largest absolute Gasteiger partial charge is 0.316 e. The Kier molecular flexibility index (Phi) is 4.18. The molecule has 0 spiro atoms. The molecule has 116 valence electrons. The fraction of sp³-hybridized carbons (Fsp3) is 0.294. The van der Waals surface area contributed by atoms with E-state index < -0.39 is 10.0 Å². The first-order valence-electron chi connectivity index (χ1n) is 7.45. The first-order chi connectivity index (χ1) is 10.6. The molecule has 1 aliphatic rings. The molecular weight excluding hydrogens is 296 g/mol. The van der Waals surface area contributed by atoms with Crippen LogP contribution >= 0.6 is 0 Å². The van der Waals surface area contributed by atoms with Gasteiger partial charge in [-0.15, -0.1) is 0 Å². The lowest BCUT2D eigenvalue weighted by atomic mass is 10.0. The summed E-state index contributed by atoms with van der Waals surface area (Å²) in [5.74, 6) is 0. The Labute approximate surface area is 131 Å². The quantitative estimate of drug-likeness (QED) is 0.944. The van der Waals surface area contributed by atoms with Crippen LogP contribution in [0.5, 0.6) is 0 Å². The number of rotatable bonds is 3. The molecule has 2 aromatic carbocycles. The molecule has 1 aliphatic heterocycles. The van der Waals surface area contributed by atoms with E-state index in [2.05, 4.69) is 5.32 Å². The van der Waals surface area contributed by atoms with Crippen LogP contribution in [0, 0.1) is 0 Å². The number of hydrogen-bond acceptors (Lipinski definition) is 3. The summed E-state index contributed by atoms with van der Waals surface area (Å²) in [4.78, 5) is 0.361. The minimum atomic E-state index is -3.52. The smallest absolute Gasteiger partial charge is 0.264 e. The Morgan fingerprint density at radius 2 is 1.64 bits per heavy atom. The molecule has 0 saturated heterocycles. The second kappa shape index (κ2) is 6.10. The first-order valence-corrected chi connectivity index (χ1v) is 8.89. The van der Waals surface area contributed by atoms with Gasteiger partial charge in [0.05, 0.1) is 10.6 Å². The lowest BCUT2D eigenvalue weighted by Crippen LogP contribution is -2.26. The predicted octanol–water partition coefficient (Wildman–Crippen LogP) is 2.20. The molecule has 1 heterocycles. The molecule has 4 nitrogen and oxygen atoms in total. The molecule has 0 bridgehead atoms. The monoisotopic (exact) mass is 316 g/mol. The van der Waals surface area contributed by atoms with E-state index in [0.29, 0.717) is 10.6 Å². The standard InChI is InChI=1S/C17H20N2O2S/c1-19(16-5-3-2-4-6-16)22(20,21)17-8-7-14-9-11-18-12-10-15(14)13-17/h2-8,13,18H,9-12H2,1H3. The Morgan fingerprint density at radius 1 is 0.955 bits per heavy atom. The molecule has 5 heteroatoms. The second-order valence-corrected chi connectivity index (χ2v) is 7.46. The van der Waals surface area contributed by atoms with Crippen molar-refractivity contribution < 1.29 is 8.42 Å². The number of anilines is 1. The third kappa shape index (κ3) is 2.87. The summed E-state index contributed by atoms with van der Waals surface area (Å²) in [7, 11) is -1.93. The summed E-state index contributed by atoms with van der Waals surface area (Å²) in [6.07, 6.45) is 1.82. The van der Waals surface area contributed by atoms with Crippen LogP contribution in [0.2, 0.25) is 0 Å². The topological polar surface area (TPSA) is 49.4 Å². The lowest BCUT2D eigenvalue weighted by Gasteiger charge is -2.20. The van der Waals surface area contributed by atoms with Crippen molar-refractivity contribution in [3.63, 3.8) is 0 Å². The highest BCUT2D eigenvalue weighted by Crippen LogP contribution is 2.24. The highest BCUT2D eigenvalue weighted by Gasteiger charge is 2.22. The van der Waals surface area contributed by atoms with Gasteiger partial charge in [0, 0.05) is 7.05 Å². The van der Waals surface area contributed by atoms with Crippen LogP contribution in [0.25, 0.3) is 0 Å². The van der Waals surface area contributed by atoms with Gasteiger partial charge in [0.25, 0.3) is 10.0 Å². The van der Waals surface area contributed by atoms with Gasteiger partial charge in [-0.1, -0.05) is 24.3 Å². The van der Waals surface area contributed by atoms with Crippen molar-refractivity contribution >= 4 is 15.7 Å².